The molecule has 0 spiro atoms. The first-order valence-corrected chi connectivity index (χ1v) is 14.8. The zero-order chi connectivity index (χ0) is 27.7. The fourth-order valence-corrected chi connectivity index (χ4v) is 7.95. The Kier molecular flexibility index (Phi) is 7.32. The molecule has 4 nitrogen and oxygen atoms in total. The Hall–Kier alpha value is -3.71. The van der Waals surface area contributed by atoms with Gasteiger partial charge in [0.25, 0.3) is 0 Å². The molecule has 0 amide bonds. The SMILES string of the molecule is C=C(NCC#Cc1ccc(C2CC3(C)CCCC3C3CCC4=CC(=O)CCC4=C23)cc1)Nc1ccc(OC)cc1. The Morgan fingerprint density at radius 3 is 2.65 bits per heavy atom. The Bertz CT molecular complexity index is 1420. The Labute approximate surface area is 239 Å². The van der Waals surface area contributed by atoms with Crippen molar-refractivity contribution in [1.82, 2.24) is 5.32 Å². The average molecular weight is 533 g/mol. The van der Waals surface area contributed by atoms with Gasteiger partial charge in [-0.2, -0.15) is 0 Å². The maximum atomic E-state index is 12.2. The van der Waals surface area contributed by atoms with Crippen LogP contribution in [0.5, 0.6) is 5.75 Å². The van der Waals surface area contributed by atoms with Gasteiger partial charge in [0.1, 0.15) is 5.75 Å². The van der Waals surface area contributed by atoms with Crippen LogP contribution < -0.4 is 15.4 Å². The van der Waals surface area contributed by atoms with Crippen molar-refractivity contribution >= 4 is 11.5 Å². The summed E-state index contributed by atoms with van der Waals surface area (Å²) in [7, 11) is 1.66. The number of rotatable bonds is 6. The second kappa shape index (κ2) is 11.0. The maximum Gasteiger partial charge on any atom is 0.156 e. The molecule has 4 atom stereocenters. The van der Waals surface area contributed by atoms with Crippen LogP contribution in [0.1, 0.15) is 75.3 Å². The largest absolute Gasteiger partial charge is 0.497 e. The third-order valence-corrected chi connectivity index (χ3v) is 9.83. The molecule has 4 aliphatic carbocycles. The minimum Gasteiger partial charge on any atom is -0.497 e. The van der Waals surface area contributed by atoms with Crippen LogP contribution in [0, 0.1) is 29.1 Å². The van der Waals surface area contributed by atoms with Gasteiger partial charge in [0, 0.05) is 23.6 Å². The smallest absolute Gasteiger partial charge is 0.156 e. The predicted molar refractivity (Wildman–Crippen MR) is 162 cm³/mol. The molecule has 2 fully saturated rings. The number of hydrogen-bond donors (Lipinski definition) is 2. The third kappa shape index (κ3) is 5.22. The molecule has 2 saturated carbocycles. The molecular formula is C36H40N2O2. The van der Waals surface area contributed by atoms with Gasteiger partial charge in [-0.25, -0.2) is 0 Å². The normalized spacial score (nSPS) is 26.9. The zero-order valence-electron chi connectivity index (χ0n) is 23.8. The summed E-state index contributed by atoms with van der Waals surface area (Å²) in [5, 5.41) is 6.48. The summed E-state index contributed by atoms with van der Waals surface area (Å²) in [6.07, 6.45) is 11.2. The zero-order valence-corrected chi connectivity index (χ0v) is 23.8. The van der Waals surface area contributed by atoms with Crippen LogP contribution in [0.25, 0.3) is 0 Å². The van der Waals surface area contributed by atoms with E-state index in [0.29, 0.717) is 41.8 Å². The lowest BCUT2D eigenvalue weighted by atomic mass is 9.53. The number of hydrogen-bond acceptors (Lipinski definition) is 4. The molecule has 4 heteroatoms. The van der Waals surface area contributed by atoms with Crippen molar-refractivity contribution in [2.24, 2.45) is 17.3 Å². The quantitative estimate of drug-likeness (QED) is 0.378. The summed E-state index contributed by atoms with van der Waals surface area (Å²) in [4.78, 5) is 12.2. The summed E-state index contributed by atoms with van der Waals surface area (Å²) in [6.45, 7) is 7.11. The van der Waals surface area contributed by atoms with E-state index in [1.807, 2.05) is 30.3 Å². The highest BCUT2D eigenvalue weighted by Gasteiger charge is 2.52. The molecular weight excluding hydrogens is 492 g/mol. The third-order valence-electron chi connectivity index (χ3n) is 9.83. The topological polar surface area (TPSA) is 50.4 Å². The van der Waals surface area contributed by atoms with Gasteiger partial charge in [-0.1, -0.05) is 49.5 Å². The second-order valence-corrected chi connectivity index (χ2v) is 12.2. The number of allylic oxidation sites excluding steroid dienone is 4. The number of fused-ring (bicyclic) bond motifs is 4. The van der Waals surface area contributed by atoms with Crippen LogP contribution in [-0.4, -0.2) is 19.4 Å². The lowest BCUT2D eigenvalue weighted by Gasteiger charge is -2.51. The van der Waals surface area contributed by atoms with Crippen LogP contribution >= 0.6 is 0 Å². The van der Waals surface area contributed by atoms with Crippen LogP contribution in [0.3, 0.4) is 0 Å². The van der Waals surface area contributed by atoms with Crippen LogP contribution in [0.15, 0.2) is 83.7 Å². The molecule has 2 aromatic rings. The molecule has 0 heterocycles. The molecule has 6 rings (SSSR count). The highest BCUT2D eigenvalue weighted by atomic mass is 16.5. The summed E-state index contributed by atoms with van der Waals surface area (Å²) in [5.74, 6) is 10.3. The molecule has 0 aromatic heterocycles. The van der Waals surface area contributed by atoms with Gasteiger partial charge in [-0.3, -0.25) is 4.79 Å². The fourth-order valence-electron chi connectivity index (χ4n) is 7.95. The Balaban J connectivity index is 1.15. The molecule has 0 radical (unpaired) electrons. The number of anilines is 1. The molecule has 0 bridgehead atoms. The Morgan fingerprint density at radius 2 is 1.88 bits per heavy atom. The number of benzene rings is 2. The second-order valence-electron chi connectivity index (χ2n) is 12.2. The summed E-state index contributed by atoms with van der Waals surface area (Å²) < 4.78 is 5.21. The number of carbonyl (C=O) groups is 1. The van der Waals surface area contributed by atoms with E-state index >= 15 is 0 Å². The molecule has 2 aromatic carbocycles. The summed E-state index contributed by atoms with van der Waals surface area (Å²) >= 11 is 0. The van der Waals surface area contributed by atoms with E-state index < -0.39 is 0 Å². The van der Waals surface area contributed by atoms with Gasteiger partial charge in [0.2, 0.25) is 0 Å². The van der Waals surface area contributed by atoms with Crippen molar-refractivity contribution in [2.45, 2.75) is 64.2 Å². The highest BCUT2D eigenvalue weighted by Crippen LogP contribution is 2.63. The lowest BCUT2D eigenvalue weighted by molar-refractivity contribution is -0.114. The van der Waals surface area contributed by atoms with E-state index in [0.717, 1.165) is 35.8 Å². The number of ketones is 1. The van der Waals surface area contributed by atoms with Gasteiger partial charge in [-0.05, 0) is 115 Å². The van der Waals surface area contributed by atoms with E-state index in [1.54, 1.807) is 12.7 Å². The van der Waals surface area contributed by atoms with Crippen LogP contribution in [0.2, 0.25) is 0 Å². The van der Waals surface area contributed by atoms with Crippen molar-refractivity contribution in [1.29, 1.82) is 0 Å². The minimum absolute atomic E-state index is 0.313. The van der Waals surface area contributed by atoms with E-state index in [4.69, 9.17) is 4.74 Å². The molecule has 0 aliphatic heterocycles. The van der Waals surface area contributed by atoms with Crippen LogP contribution in [0.4, 0.5) is 5.69 Å². The van der Waals surface area contributed by atoms with Gasteiger partial charge in [-0.15, -0.1) is 0 Å². The first-order chi connectivity index (χ1) is 19.4. The average Bonchev–Trinajstić information content (AvgIpc) is 3.37. The molecule has 206 valence electrons. The van der Waals surface area contributed by atoms with Crippen LogP contribution in [-0.2, 0) is 4.79 Å². The number of nitrogens with one attached hydrogen (secondary N) is 2. The first-order valence-electron chi connectivity index (χ1n) is 14.8. The summed E-state index contributed by atoms with van der Waals surface area (Å²) in [5.41, 5.74) is 8.37. The maximum absolute atomic E-state index is 12.2. The number of methoxy groups -OCH3 is 1. The number of ether oxygens (including phenoxy) is 1. The van der Waals surface area contributed by atoms with Gasteiger partial charge in [0.05, 0.1) is 19.5 Å². The number of carbonyl (C=O) groups excluding carboxylic acids is 1. The van der Waals surface area contributed by atoms with Crippen molar-refractivity contribution in [3.8, 4) is 17.6 Å². The molecule has 4 unspecified atom stereocenters. The fraction of sp³-hybridized carbons (Fsp3) is 0.417. The van der Waals surface area contributed by atoms with E-state index in [-0.39, 0.29) is 0 Å². The van der Waals surface area contributed by atoms with E-state index in [2.05, 4.69) is 60.2 Å². The van der Waals surface area contributed by atoms with Gasteiger partial charge in [0.15, 0.2) is 5.78 Å². The predicted octanol–water partition coefficient (Wildman–Crippen LogP) is 7.51. The van der Waals surface area contributed by atoms with Crippen molar-refractivity contribution in [2.75, 3.05) is 19.0 Å². The molecule has 2 N–H and O–H groups in total. The van der Waals surface area contributed by atoms with Crippen molar-refractivity contribution < 1.29 is 9.53 Å². The van der Waals surface area contributed by atoms with Gasteiger partial charge < -0.3 is 15.4 Å². The first kappa shape index (κ1) is 26.5. The van der Waals surface area contributed by atoms with Gasteiger partial charge >= 0.3 is 0 Å². The van der Waals surface area contributed by atoms with Crippen molar-refractivity contribution in [3.05, 3.63) is 94.9 Å². The monoisotopic (exact) mass is 532 g/mol. The summed E-state index contributed by atoms with van der Waals surface area (Å²) in [6, 6.07) is 16.7. The standard InChI is InChI=1S/C36H40N2O2/c1-24(38-28-13-16-30(40-3)17-14-28)37-21-5-6-25-8-10-26(11-9-25)33-23-36(2)20-4-7-34(36)32-18-12-27-22-29(39)15-19-31(27)35(32)33/h8-11,13-14,16-17,22,32-34,37-38H,1,4,7,12,15,18-21,23H2,2-3H3. The highest BCUT2D eigenvalue weighted by molar-refractivity contribution is 5.93. The molecule has 0 saturated heterocycles. The Morgan fingerprint density at radius 1 is 1.07 bits per heavy atom. The lowest BCUT2D eigenvalue weighted by Crippen LogP contribution is -2.40. The van der Waals surface area contributed by atoms with E-state index in [1.165, 1.54) is 48.8 Å². The van der Waals surface area contributed by atoms with Crippen molar-refractivity contribution in [3.63, 3.8) is 0 Å². The molecule has 4 aliphatic rings. The van der Waals surface area contributed by atoms with E-state index in [9.17, 15) is 4.79 Å². The molecule has 40 heavy (non-hydrogen) atoms. The minimum atomic E-state index is 0.313.